The number of nitrogens with zero attached hydrogens (tertiary/aromatic N) is 1. The first-order chi connectivity index (χ1) is 9.33. The van der Waals surface area contributed by atoms with Crippen LogP contribution in [-0.4, -0.2) is 48.4 Å². The first-order valence-corrected chi connectivity index (χ1v) is 8.14. The maximum absolute atomic E-state index is 12.9. The van der Waals surface area contributed by atoms with Crippen LogP contribution in [0, 0.1) is 5.92 Å². The molecular weight excluding hydrogens is 288 g/mol. The summed E-state index contributed by atoms with van der Waals surface area (Å²) in [6, 6.07) is 0.439. The van der Waals surface area contributed by atoms with E-state index in [0.717, 1.165) is 45.4 Å². The average molecular weight is 320 g/mol. The predicted molar refractivity (Wildman–Crippen MR) is 87.8 cm³/mol. The molecule has 0 saturated carbocycles. The molecule has 0 aliphatic carbocycles. The Kier molecular flexibility index (Phi) is 6.51. The van der Waals surface area contributed by atoms with Gasteiger partial charge in [0.25, 0.3) is 0 Å². The molecule has 0 aromatic rings. The Morgan fingerprint density at radius 1 is 1.19 bits per heavy atom. The van der Waals surface area contributed by atoms with Crippen molar-refractivity contribution in [2.24, 2.45) is 5.92 Å². The van der Waals surface area contributed by atoms with Crippen molar-refractivity contribution in [3.63, 3.8) is 0 Å². The van der Waals surface area contributed by atoms with E-state index in [2.05, 4.69) is 12.2 Å². The number of nitrogens with one attached hydrogen (secondary N) is 1. The van der Waals surface area contributed by atoms with Crippen LogP contribution < -0.4 is 5.32 Å². The molecule has 1 N–H and O–H groups in total. The Labute approximate surface area is 135 Å². The summed E-state index contributed by atoms with van der Waals surface area (Å²) >= 11 is 0. The van der Waals surface area contributed by atoms with Gasteiger partial charge in [0.15, 0.2) is 0 Å². The lowest BCUT2D eigenvalue weighted by Crippen LogP contribution is -2.65. The van der Waals surface area contributed by atoms with Crippen LogP contribution in [0.15, 0.2) is 0 Å². The number of halogens is 1. The second-order valence-electron chi connectivity index (χ2n) is 7.65. The summed E-state index contributed by atoms with van der Waals surface area (Å²) in [6.45, 7) is 12.2. The SMILES string of the molecule is C[C@@H]1CCC[N+](C(=O)OC(C)(C)C)(C2CCNCC2)C1.Cl. The molecule has 21 heavy (non-hydrogen) atoms. The zero-order valence-corrected chi connectivity index (χ0v) is 14.8. The quantitative estimate of drug-likeness (QED) is 0.753. The molecule has 2 rings (SSSR count). The van der Waals surface area contributed by atoms with Crippen LogP contribution in [-0.2, 0) is 4.74 Å². The summed E-state index contributed by atoms with van der Waals surface area (Å²) in [5.74, 6) is 0.617. The second-order valence-corrected chi connectivity index (χ2v) is 7.65. The van der Waals surface area contributed by atoms with Crippen molar-refractivity contribution < 1.29 is 14.0 Å². The lowest BCUT2D eigenvalue weighted by molar-refractivity contribution is -0.892. The number of quaternary nitrogens is 1. The molecule has 0 bridgehead atoms. The number of likely N-dealkylation sites (tertiary alicyclic amines) is 1. The number of amides is 1. The van der Waals surface area contributed by atoms with Gasteiger partial charge < -0.3 is 10.1 Å². The van der Waals surface area contributed by atoms with Crippen molar-refractivity contribution in [1.82, 2.24) is 5.32 Å². The summed E-state index contributed by atoms with van der Waals surface area (Å²) in [5, 5.41) is 3.41. The number of rotatable bonds is 1. The minimum Gasteiger partial charge on any atom is -0.414 e. The summed E-state index contributed by atoms with van der Waals surface area (Å²) < 4.78 is 6.36. The number of piperidine rings is 2. The highest BCUT2D eigenvalue weighted by atomic mass is 35.5. The zero-order chi connectivity index (χ0) is 14.8. The van der Waals surface area contributed by atoms with Crippen molar-refractivity contribution >= 4 is 18.5 Å². The van der Waals surface area contributed by atoms with E-state index in [4.69, 9.17) is 4.74 Å². The van der Waals surface area contributed by atoms with Crippen molar-refractivity contribution in [1.29, 1.82) is 0 Å². The zero-order valence-electron chi connectivity index (χ0n) is 14.0. The monoisotopic (exact) mass is 319 g/mol. The lowest BCUT2D eigenvalue weighted by Gasteiger charge is -2.47. The Bertz CT molecular complexity index is 351. The van der Waals surface area contributed by atoms with Gasteiger partial charge in [-0.1, -0.05) is 6.92 Å². The van der Waals surface area contributed by atoms with E-state index < -0.39 is 5.60 Å². The lowest BCUT2D eigenvalue weighted by atomic mass is 9.92. The van der Waals surface area contributed by atoms with Crippen LogP contribution in [0.4, 0.5) is 4.79 Å². The van der Waals surface area contributed by atoms with Crippen LogP contribution in [0.5, 0.6) is 0 Å². The third-order valence-electron chi connectivity index (χ3n) is 4.66. The van der Waals surface area contributed by atoms with Gasteiger partial charge >= 0.3 is 6.09 Å². The highest BCUT2D eigenvalue weighted by Crippen LogP contribution is 2.32. The van der Waals surface area contributed by atoms with Crippen LogP contribution in [0.25, 0.3) is 0 Å². The van der Waals surface area contributed by atoms with Crippen LogP contribution >= 0.6 is 12.4 Å². The molecule has 4 nitrogen and oxygen atoms in total. The fraction of sp³-hybridized carbons (Fsp3) is 0.938. The smallest absolute Gasteiger partial charge is 0.414 e. The van der Waals surface area contributed by atoms with E-state index >= 15 is 0 Å². The van der Waals surface area contributed by atoms with E-state index in [-0.39, 0.29) is 18.5 Å². The summed E-state index contributed by atoms with van der Waals surface area (Å²) in [7, 11) is 0. The largest absolute Gasteiger partial charge is 0.516 e. The molecule has 2 atom stereocenters. The number of carbonyl (C=O) groups is 1. The van der Waals surface area contributed by atoms with Gasteiger partial charge in [-0.3, -0.25) is 0 Å². The van der Waals surface area contributed by atoms with Gasteiger partial charge in [-0.15, -0.1) is 12.4 Å². The number of hydrogen-bond donors (Lipinski definition) is 1. The summed E-state index contributed by atoms with van der Waals surface area (Å²) in [4.78, 5) is 12.9. The highest BCUT2D eigenvalue weighted by molar-refractivity contribution is 5.85. The average Bonchev–Trinajstić information content (AvgIpc) is 2.37. The van der Waals surface area contributed by atoms with E-state index in [1.165, 1.54) is 6.42 Å². The summed E-state index contributed by atoms with van der Waals surface area (Å²) in [5.41, 5.74) is -0.393. The Balaban J connectivity index is 0.00000220. The highest BCUT2D eigenvalue weighted by Gasteiger charge is 2.49. The fourth-order valence-corrected chi connectivity index (χ4v) is 3.76. The van der Waals surface area contributed by atoms with E-state index in [0.29, 0.717) is 16.4 Å². The van der Waals surface area contributed by atoms with Crippen molar-refractivity contribution in [3.8, 4) is 0 Å². The molecule has 0 spiro atoms. The molecule has 2 fully saturated rings. The molecular formula is C16H32ClN2O2+. The van der Waals surface area contributed by atoms with Gasteiger partial charge in [-0.05, 0) is 33.6 Å². The third-order valence-corrected chi connectivity index (χ3v) is 4.66. The van der Waals surface area contributed by atoms with Gasteiger partial charge in [0.05, 0.1) is 13.1 Å². The van der Waals surface area contributed by atoms with Gasteiger partial charge in [0, 0.05) is 31.8 Å². The second kappa shape index (κ2) is 7.30. The van der Waals surface area contributed by atoms with Gasteiger partial charge in [-0.2, -0.15) is 4.79 Å². The van der Waals surface area contributed by atoms with Crippen LogP contribution in [0.3, 0.4) is 0 Å². The van der Waals surface area contributed by atoms with E-state index in [1.54, 1.807) is 0 Å². The van der Waals surface area contributed by atoms with Crippen LogP contribution in [0.1, 0.15) is 53.4 Å². The standard InChI is InChI=1S/C16H31N2O2.ClH/c1-13-6-5-11-18(12-13,14-7-9-17-10-8-14)15(19)20-16(2,3)4;/h13-14,17H,5-12H2,1-4H3;1H/q+1;/t13-,18?;/m1./s1. The number of carbonyl (C=O) groups excluding carboxylic acids is 1. The molecule has 2 saturated heterocycles. The number of ether oxygens (including phenoxy) is 1. The first kappa shape index (κ1) is 18.7. The molecule has 2 aliphatic heterocycles. The maximum Gasteiger partial charge on any atom is 0.516 e. The van der Waals surface area contributed by atoms with Gasteiger partial charge in [-0.25, -0.2) is 4.48 Å². The van der Waals surface area contributed by atoms with Gasteiger partial charge in [0.1, 0.15) is 11.6 Å². The van der Waals surface area contributed by atoms with Crippen molar-refractivity contribution in [2.45, 2.75) is 65.0 Å². The first-order valence-electron chi connectivity index (χ1n) is 8.14. The normalized spacial score (nSPS) is 31.3. The predicted octanol–water partition coefficient (Wildman–Crippen LogP) is 3.34. The molecule has 0 aromatic carbocycles. The molecule has 1 unspecified atom stereocenters. The number of hydrogen-bond acceptors (Lipinski definition) is 3. The Morgan fingerprint density at radius 2 is 1.81 bits per heavy atom. The molecule has 0 aromatic heterocycles. The van der Waals surface area contributed by atoms with Crippen LogP contribution in [0.2, 0.25) is 0 Å². The molecule has 2 aliphatic rings. The molecule has 5 heteroatoms. The third kappa shape index (κ3) is 4.57. The maximum atomic E-state index is 12.9. The Morgan fingerprint density at radius 3 is 2.33 bits per heavy atom. The Hall–Kier alpha value is -0.320. The topological polar surface area (TPSA) is 38.3 Å². The fourth-order valence-electron chi connectivity index (χ4n) is 3.76. The van der Waals surface area contributed by atoms with E-state index in [1.807, 2.05) is 20.8 Å². The molecule has 1 amide bonds. The molecule has 0 radical (unpaired) electrons. The minimum absolute atomic E-state index is 0. The molecule has 124 valence electrons. The summed E-state index contributed by atoms with van der Waals surface area (Å²) in [6.07, 6.45) is 4.58. The van der Waals surface area contributed by atoms with E-state index in [9.17, 15) is 4.79 Å². The van der Waals surface area contributed by atoms with Gasteiger partial charge in [0.2, 0.25) is 0 Å². The van der Waals surface area contributed by atoms with Crippen molar-refractivity contribution in [3.05, 3.63) is 0 Å². The minimum atomic E-state index is -0.393. The molecule has 2 heterocycles. The van der Waals surface area contributed by atoms with Crippen molar-refractivity contribution in [2.75, 3.05) is 26.2 Å².